The Balaban J connectivity index is 3.95. The highest BCUT2D eigenvalue weighted by Crippen LogP contribution is 2.08. The van der Waals surface area contributed by atoms with Crippen LogP contribution in [0.5, 0.6) is 0 Å². The van der Waals surface area contributed by atoms with Gasteiger partial charge in [0.2, 0.25) is 0 Å². The molecule has 0 saturated heterocycles. The first kappa shape index (κ1) is 9.05. The molecule has 0 aromatic carbocycles. The molecule has 0 aliphatic rings. The Hall–Kier alpha value is -0.520. The van der Waals surface area contributed by atoms with Crippen molar-refractivity contribution in [1.82, 2.24) is 0 Å². The first-order valence-electron chi connectivity index (χ1n) is 6.48. The van der Waals surface area contributed by atoms with Gasteiger partial charge in [-0.1, -0.05) is 63.8 Å². The summed E-state index contributed by atoms with van der Waals surface area (Å²) in [7, 11) is 0. The van der Waals surface area contributed by atoms with Crippen LogP contribution in [0.15, 0.2) is 24.3 Å². The zero-order valence-electron chi connectivity index (χ0n) is 11.1. The Morgan fingerprint density at radius 1 is 1.31 bits per heavy atom. The van der Waals surface area contributed by atoms with E-state index >= 15 is 0 Å². The predicted octanol–water partition coefficient (Wildman–Crippen LogP) is 4.87. The van der Waals surface area contributed by atoms with Gasteiger partial charge < -0.3 is 0 Å². The molecule has 0 aromatic rings. The lowest BCUT2D eigenvalue weighted by Crippen LogP contribution is -1.78. The van der Waals surface area contributed by atoms with Crippen LogP contribution >= 0.6 is 0 Å². The minimum absolute atomic E-state index is 0.231. The summed E-state index contributed by atoms with van der Waals surface area (Å²) < 4.78 is 15.4. The van der Waals surface area contributed by atoms with Crippen LogP contribution in [0, 0.1) is 0 Å². The average Bonchev–Trinajstić information content (AvgIpc) is 2.18. The Kier molecular flexibility index (Phi) is 6.66. The zero-order chi connectivity index (χ0) is 11.7. The Morgan fingerprint density at radius 2 is 2.00 bits per heavy atom. The topological polar surface area (TPSA) is 0 Å². The molecule has 0 spiro atoms. The van der Waals surface area contributed by atoms with Gasteiger partial charge in [0.25, 0.3) is 0 Å². The molecule has 0 fully saturated rings. The molecule has 0 heteroatoms. The van der Waals surface area contributed by atoms with Gasteiger partial charge in [0.1, 0.15) is 0 Å². The van der Waals surface area contributed by atoms with E-state index in [4.69, 9.17) is 2.74 Å². The summed E-state index contributed by atoms with van der Waals surface area (Å²) in [5.41, 5.74) is 0.886. The van der Waals surface area contributed by atoms with Gasteiger partial charge in [-0.3, -0.25) is 0 Å². The normalized spacial score (nSPS) is 16.3. The fourth-order valence-corrected chi connectivity index (χ4v) is 1.09. The third kappa shape index (κ3) is 9.39. The van der Waals surface area contributed by atoms with Gasteiger partial charge in [-0.2, -0.15) is 0 Å². The lowest BCUT2D eigenvalue weighted by molar-refractivity contribution is 0.719. The summed E-state index contributed by atoms with van der Waals surface area (Å²) in [5, 5.41) is 0. The maximum Gasteiger partial charge on any atom is 0.0622 e. The van der Waals surface area contributed by atoms with E-state index in [0.717, 1.165) is 31.3 Å². The monoisotopic (exact) mass is 182 g/mol. The van der Waals surface area contributed by atoms with Crippen LogP contribution in [0.3, 0.4) is 0 Å². The summed E-state index contributed by atoms with van der Waals surface area (Å²) in [6.07, 6.45) is 7.74. The van der Waals surface area contributed by atoms with E-state index in [0.29, 0.717) is 6.05 Å². The van der Waals surface area contributed by atoms with E-state index in [-0.39, 0.29) is 6.40 Å². The van der Waals surface area contributed by atoms with Crippen molar-refractivity contribution in [3.63, 3.8) is 0 Å². The van der Waals surface area contributed by atoms with Crippen molar-refractivity contribution >= 4 is 0 Å². The van der Waals surface area contributed by atoms with Crippen molar-refractivity contribution in [2.45, 2.75) is 58.8 Å². The fraction of sp³-hybridized carbons (Fsp3) is 0.692. The van der Waals surface area contributed by atoms with Gasteiger partial charge in [0.15, 0.2) is 0 Å². The second kappa shape index (κ2) is 9.57. The van der Waals surface area contributed by atoms with Crippen molar-refractivity contribution in [1.29, 1.82) is 0 Å². The van der Waals surface area contributed by atoms with Crippen LogP contribution in [0.1, 0.15) is 61.5 Å². The van der Waals surface area contributed by atoms with E-state index in [1.807, 2.05) is 0 Å². The number of allylic oxidation sites excluding steroid dienone is 3. The molecule has 1 unspecified atom stereocenters. The van der Waals surface area contributed by atoms with Gasteiger partial charge in [0.05, 0.1) is 1.37 Å². The van der Waals surface area contributed by atoms with E-state index in [1.54, 1.807) is 6.08 Å². The molecule has 0 bridgehead atoms. The van der Waals surface area contributed by atoms with Crippen molar-refractivity contribution in [2.75, 3.05) is 0 Å². The number of hydrogen-bond donors (Lipinski definition) is 0. The van der Waals surface area contributed by atoms with Crippen LogP contribution in [-0.2, 0) is 0 Å². The second-order valence-corrected chi connectivity index (χ2v) is 3.40. The Morgan fingerprint density at radius 3 is 2.62 bits per heavy atom. The van der Waals surface area contributed by atoms with Crippen LogP contribution in [0.4, 0.5) is 0 Å². The van der Waals surface area contributed by atoms with Crippen molar-refractivity contribution < 1.29 is 2.74 Å². The molecular formula is C13H24. The first-order chi connectivity index (χ1) is 7.11. The largest absolute Gasteiger partial charge is 0.0958 e. The molecule has 0 rings (SSSR count). The van der Waals surface area contributed by atoms with Crippen LogP contribution in [0.2, 0.25) is 0 Å². The average molecular weight is 182 g/mol. The molecule has 0 aliphatic heterocycles. The molecule has 13 heavy (non-hydrogen) atoms. The van der Waals surface area contributed by atoms with Crippen molar-refractivity contribution in [2.24, 2.45) is 0 Å². The van der Waals surface area contributed by atoms with Crippen LogP contribution in [-0.4, -0.2) is 0 Å². The zero-order valence-corrected chi connectivity index (χ0v) is 9.10. The Bertz CT molecular complexity index is 207. The second-order valence-electron chi connectivity index (χ2n) is 3.40. The molecule has 0 radical (unpaired) electrons. The van der Waals surface area contributed by atoms with E-state index < -0.39 is 0 Å². The standard InChI is InChI=1S/C13H24/c1-4-6-8-10-12-13(3)11-9-7-5-2/h10,12H,3-9,11H2,1-2H3/b12-10-/i8D,12D. The van der Waals surface area contributed by atoms with Gasteiger partial charge >= 0.3 is 0 Å². The highest BCUT2D eigenvalue weighted by Gasteiger charge is 1.88. The van der Waals surface area contributed by atoms with Gasteiger partial charge in [-0.15, -0.1) is 0 Å². The molecule has 1 atom stereocenters. The molecule has 0 saturated carbocycles. The van der Waals surface area contributed by atoms with Crippen molar-refractivity contribution in [3.8, 4) is 0 Å². The predicted molar refractivity (Wildman–Crippen MR) is 61.9 cm³/mol. The molecule has 0 amide bonds. The lowest BCUT2D eigenvalue weighted by atomic mass is 10.1. The number of unbranched alkanes of at least 4 members (excludes halogenated alkanes) is 2. The minimum Gasteiger partial charge on any atom is -0.0958 e. The maximum atomic E-state index is 7.76. The van der Waals surface area contributed by atoms with Crippen LogP contribution in [0.25, 0.3) is 0 Å². The highest BCUT2D eigenvalue weighted by atomic mass is 13.9. The van der Waals surface area contributed by atoms with E-state index in [1.165, 1.54) is 12.8 Å². The molecule has 76 valence electrons. The van der Waals surface area contributed by atoms with Gasteiger partial charge in [-0.05, 0) is 19.2 Å². The molecule has 0 aliphatic carbocycles. The van der Waals surface area contributed by atoms with Crippen molar-refractivity contribution in [3.05, 3.63) is 24.3 Å². The molecule has 0 aromatic heterocycles. The Labute approximate surface area is 86.5 Å². The third-order valence-corrected chi connectivity index (χ3v) is 1.94. The summed E-state index contributed by atoms with van der Waals surface area (Å²) in [4.78, 5) is 0. The minimum atomic E-state index is -0.231. The van der Waals surface area contributed by atoms with E-state index in [2.05, 4.69) is 20.4 Å². The summed E-state index contributed by atoms with van der Waals surface area (Å²) >= 11 is 0. The third-order valence-electron chi connectivity index (χ3n) is 1.94. The number of hydrogen-bond acceptors (Lipinski definition) is 0. The molecule has 0 heterocycles. The molecular weight excluding hydrogens is 156 g/mol. The fourth-order valence-electron chi connectivity index (χ4n) is 1.09. The summed E-state index contributed by atoms with van der Waals surface area (Å²) in [6.45, 7) is 8.13. The lowest BCUT2D eigenvalue weighted by Gasteiger charge is -1.98. The maximum absolute atomic E-state index is 7.76. The van der Waals surface area contributed by atoms with Gasteiger partial charge in [0, 0.05) is 1.37 Å². The highest BCUT2D eigenvalue weighted by molar-refractivity contribution is 5.13. The summed E-state index contributed by atoms with van der Waals surface area (Å²) in [5.74, 6) is 0. The molecule has 0 N–H and O–H groups in total. The molecule has 0 nitrogen and oxygen atoms in total. The first-order valence-corrected chi connectivity index (χ1v) is 5.40. The van der Waals surface area contributed by atoms with Gasteiger partial charge in [-0.25, -0.2) is 0 Å². The quantitative estimate of drug-likeness (QED) is 0.371. The smallest absolute Gasteiger partial charge is 0.0622 e. The summed E-state index contributed by atoms with van der Waals surface area (Å²) in [6, 6.07) is 0.472. The SMILES string of the molecule is [2H]/C(=C/C([2H])CCC)C(=C)CCCCC. The van der Waals surface area contributed by atoms with Crippen LogP contribution < -0.4 is 0 Å². The van der Waals surface area contributed by atoms with E-state index in [9.17, 15) is 0 Å². The number of rotatable bonds is 8.